The fourth-order valence-corrected chi connectivity index (χ4v) is 1.99. The maximum atomic E-state index is 13.7. The van der Waals surface area contributed by atoms with Crippen molar-refractivity contribution in [2.24, 2.45) is 0 Å². The van der Waals surface area contributed by atoms with Crippen molar-refractivity contribution in [3.8, 4) is 6.07 Å². The molecule has 2 rings (SSSR count). The van der Waals surface area contributed by atoms with Crippen LogP contribution in [0.1, 0.15) is 24.1 Å². The average molecular weight is 272 g/mol. The fraction of sp³-hybridized carbons (Fsp3) is 0.188. The molecule has 0 aromatic heterocycles. The molecule has 0 bridgehead atoms. The van der Waals surface area contributed by atoms with Crippen molar-refractivity contribution < 1.29 is 8.78 Å². The summed E-state index contributed by atoms with van der Waals surface area (Å²) in [6.07, 6.45) is 0.364. The summed E-state index contributed by atoms with van der Waals surface area (Å²) >= 11 is 0. The van der Waals surface area contributed by atoms with Crippen LogP contribution in [0.2, 0.25) is 0 Å². The van der Waals surface area contributed by atoms with Crippen LogP contribution in [0.5, 0.6) is 0 Å². The van der Waals surface area contributed by atoms with Gasteiger partial charge in [-0.05, 0) is 30.7 Å². The molecule has 0 aliphatic rings. The van der Waals surface area contributed by atoms with Crippen molar-refractivity contribution in [3.63, 3.8) is 0 Å². The topological polar surface area (TPSA) is 35.8 Å². The van der Waals surface area contributed by atoms with E-state index in [2.05, 4.69) is 11.4 Å². The van der Waals surface area contributed by atoms with Gasteiger partial charge in [0, 0.05) is 17.3 Å². The van der Waals surface area contributed by atoms with E-state index in [9.17, 15) is 8.78 Å². The summed E-state index contributed by atoms with van der Waals surface area (Å²) in [4.78, 5) is 0. The van der Waals surface area contributed by atoms with Crippen LogP contribution in [-0.4, -0.2) is 0 Å². The second-order valence-corrected chi connectivity index (χ2v) is 4.56. The zero-order valence-corrected chi connectivity index (χ0v) is 11.0. The van der Waals surface area contributed by atoms with Crippen LogP contribution in [0.15, 0.2) is 42.5 Å². The fourth-order valence-electron chi connectivity index (χ4n) is 1.99. The first kappa shape index (κ1) is 14.0. The summed E-state index contributed by atoms with van der Waals surface area (Å²) in [6, 6.07) is 12.7. The number of anilines is 1. The molecule has 102 valence electrons. The quantitative estimate of drug-likeness (QED) is 0.905. The molecule has 0 radical (unpaired) electrons. The molecule has 0 heterocycles. The third-order valence-corrected chi connectivity index (χ3v) is 3.05. The molecule has 2 aromatic carbocycles. The summed E-state index contributed by atoms with van der Waals surface area (Å²) in [7, 11) is 0. The first-order chi connectivity index (χ1) is 9.60. The summed E-state index contributed by atoms with van der Waals surface area (Å²) in [5.74, 6) is -1.15. The van der Waals surface area contributed by atoms with Gasteiger partial charge in [-0.15, -0.1) is 0 Å². The van der Waals surface area contributed by atoms with Gasteiger partial charge in [-0.1, -0.05) is 18.2 Å². The maximum Gasteiger partial charge on any atom is 0.131 e. The lowest BCUT2D eigenvalue weighted by atomic mass is 10.1. The normalized spacial score (nSPS) is 11.7. The molecule has 1 atom stereocenters. The van der Waals surface area contributed by atoms with Gasteiger partial charge >= 0.3 is 0 Å². The van der Waals surface area contributed by atoms with E-state index >= 15 is 0 Å². The molecule has 1 N–H and O–H groups in total. The number of rotatable bonds is 4. The monoisotopic (exact) mass is 272 g/mol. The first-order valence-corrected chi connectivity index (χ1v) is 6.27. The van der Waals surface area contributed by atoms with Crippen LogP contribution in [0.3, 0.4) is 0 Å². The Bertz CT molecular complexity index is 630. The second-order valence-electron chi connectivity index (χ2n) is 4.56. The average Bonchev–Trinajstić information content (AvgIpc) is 2.41. The largest absolute Gasteiger partial charge is 0.378 e. The van der Waals surface area contributed by atoms with Gasteiger partial charge in [0.2, 0.25) is 0 Å². The Morgan fingerprint density at radius 3 is 2.45 bits per heavy atom. The number of nitrogens with zero attached hydrogens (tertiary/aromatic N) is 1. The van der Waals surface area contributed by atoms with E-state index in [0.717, 1.165) is 17.3 Å². The molecule has 1 unspecified atom stereocenters. The Hall–Kier alpha value is -2.41. The minimum absolute atomic E-state index is 0.280. The van der Waals surface area contributed by atoms with Gasteiger partial charge < -0.3 is 5.32 Å². The number of nitrogens with one attached hydrogen (secondary N) is 1. The summed E-state index contributed by atoms with van der Waals surface area (Å²) in [5.41, 5.74) is 2.16. The van der Waals surface area contributed by atoms with Gasteiger partial charge in [-0.2, -0.15) is 5.26 Å². The van der Waals surface area contributed by atoms with E-state index in [1.807, 2.05) is 24.3 Å². The molecule has 0 fully saturated rings. The van der Waals surface area contributed by atoms with Crippen molar-refractivity contribution in [1.82, 2.24) is 0 Å². The number of hydrogen-bond acceptors (Lipinski definition) is 2. The van der Waals surface area contributed by atoms with E-state index in [-0.39, 0.29) is 6.04 Å². The minimum Gasteiger partial charge on any atom is -0.378 e. The van der Waals surface area contributed by atoms with Crippen molar-refractivity contribution in [3.05, 3.63) is 65.2 Å². The van der Waals surface area contributed by atoms with Crippen molar-refractivity contribution in [2.75, 3.05) is 5.32 Å². The highest BCUT2D eigenvalue weighted by Gasteiger charge is 2.11. The molecule has 0 amide bonds. The van der Waals surface area contributed by atoms with E-state index in [1.54, 1.807) is 6.92 Å². The first-order valence-electron chi connectivity index (χ1n) is 6.27. The molecule has 0 saturated heterocycles. The van der Waals surface area contributed by atoms with Crippen LogP contribution in [-0.2, 0) is 6.42 Å². The van der Waals surface area contributed by atoms with Crippen LogP contribution in [0, 0.1) is 23.0 Å². The lowest BCUT2D eigenvalue weighted by Crippen LogP contribution is -2.08. The van der Waals surface area contributed by atoms with Gasteiger partial charge in [-0.3, -0.25) is 0 Å². The Labute approximate surface area is 116 Å². The van der Waals surface area contributed by atoms with Gasteiger partial charge in [0.25, 0.3) is 0 Å². The third-order valence-electron chi connectivity index (χ3n) is 3.05. The Morgan fingerprint density at radius 2 is 1.85 bits per heavy atom. The number of hydrogen-bond donors (Lipinski definition) is 1. The molecule has 2 aromatic rings. The highest BCUT2D eigenvalue weighted by molar-refractivity contribution is 5.47. The molecule has 0 aliphatic heterocycles. The van der Waals surface area contributed by atoms with Gasteiger partial charge in [0.15, 0.2) is 0 Å². The minimum atomic E-state index is -0.584. The number of halogens is 2. The molecule has 0 saturated carbocycles. The zero-order valence-electron chi connectivity index (χ0n) is 11.0. The van der Waals surface area contributed by atoms with E-state index < -0.39 is 11.6 Å². The molecular formula is C16H14F2N2. The highest BCUT2D eigenvalue weighted by atomic mass is 19.1. The Kier molecular flexibility index (Phi) is 4.31. The zero-order chi connectivity index (χ0) is 14.5. The predicted molar refractivity (Wildman–Crippen MR) is 74.2 cm³/mol. The molecular weight excluding hydrogens is 258 g/mol. The SMILES string of the molecule is CC(Nc1ccc(CC#N)cc1)c1ccc(F)cc1F. The highest BCUT2D eigenvalue weighted by Crippen LogP contribution is 2.22. The summed E-state index contributed by atoms with van der Waals surface area (Å²) in [5, 5.41) is 11.7. The smallest absolute Gasteiger partial charge is 0.131 e. The van der Waals surface area contributed by atoms with Crippen molar-refractivity contribution in [2.45, 2.75) is 19.4 Å². The molecule has 20 heavy (non-hydrogen) atoms. The van der Waals surface area contributed by atoms with Gasteiger partial charge in [0.1, 0.15) is 11.6 Å². The predicted octanol–water partition coefficient (Wildman–Crippen LogP) is 4.20. The van der Waals surface area contributed by atoms with Crippen LogP contribution >= 0.6 is 0 Å². The molecule has 2 nitrogen and oxygen atoms in total. The van der Waals surface area contributed by atoms with Gasteiger partial charge in [-0.25, -0.2) is 8.78 Å². The molecule has 0 aliphatic carbocycles. The van der Waals surface area contributed by atoms with Crippen LogP contribution < -0.4 is 5.32 Å². The van der Waals surface area contributed by atoms with Crippen LogP contribution in [0.4, 0.5) is 14.5 Å². The van der Waals surface area contributed by atoms with Crippen molar-refractivity contribution in [1.29, 1.82) is 5.26 Å². The Balaban J connectivity index is 2.11. The van der Waals surface area contributed by atoms with Gasteiger partial charge in [0.05, 0.1) is 18.5 Å². The lowest BCUT2D eigenvalue weighted by molar-refractivity contribution is 0.566. The lowest BCUT2D eigenvalue weighted by Gasteiger charge is -2.16. The third kappa shape index (κ3) is 3.33. The summed E-state index contributed by atoms with van der Waals surface area (Å²) in [6.45, 7) is 1.81. The molecule has 0 spiro atoms. The van der Waals surface area contributed by atoms with E-state index in [0.29, 0.717) is 12.0 Å². The van der Waals surface area contributed by atoms with E-state index in [4.69, 9.17) is 5.26 Å². The maximum absolute atomic E-state index is 13.7. The summed E-state index contributed by atoms with van der Waals surface area (Å²) < 4.78 is 26.5. The second kappa shape index (κ2) is 6.16. The standard InChI is InChI=1S/C16H14F2N2/c1-11(15-7-4-13(17)10-16(15)18)20-14-5-2-12(3-6-14)8-9-19/h2-7,10-11,20H,8H2,1H3. The Morgan fingerprint density at radius 1 is 1.15 bits per heavy atom. The van der Waals surface area contributed by atoms with Crippen LogP contribution in [0.25, 0.3) is 0 Å². The van der Waals surface area contributed by atoms with E-state index in [1.165, 1.54) is 12.1 Å². The molecule has 4 heteroatoms. The number of benzene rings is 2. The van der Waals surface area contributed by atoms with Crippen molar-refractivity contribution >= 4 is 5.69 Å². The number of nitriles is 1.